The molecule has 2 amide bonds. The Labute approximate surface area is 186 Å². The lowest BCUT2D eigenvalue weighted by Crippen LogP contribution is -2.12. The first kappa shape index (κ1) is 19.8. The van der Waals surface area contributed by atoms with Gasteiger partial charge in [-0.25, -0.2) is 0 Å². The number of hydrogen-bond acceptors (Lipinski definition) is 2. The summed E-state index contributed by atoms with van der Waals surface area (Å²) in [6, 6.07) is 29.6. The van der Waals surface area contributed by atoms with Crippen LogP contribution in [-0.2, 0) is 16.0 Å². The molecule has 0 aliphatic carbocycles. The summed E-state index contributed by atoms with van der Waals surface area (Å²) in [4.78, 5) is 25.2. The molecule has 4 nitrogen and oxygen atoms in total. The fourth-order valence-corrected chi connectivity index (χ4v) is 4.07. The monoisotopic (exact) mass is 418 g/mol. The minimum Gasteiger partial charge on any atom is -0.326 e. The largest absolute Gasteiger partial charge is 0.326 e. The van der Waals surface area contributed by atoms with E-state index < -0.39 is 0 Å². The summed E-state index contributed by atoms with van der Waals surface area (Å²) in [6.07, 6.45) is 3.01. The topological polar surface area (TPSA) is 58.2 Å². The predicted molar refractivity (Wildman–Crippen MR) is 130 cm³/mol. The molecule has 0 bridgehead atoms. The van der Waals surface area contributed by atoms with Gasteiger partial charge < -0.3 is 10.6 Å². The van der Waals surface area contributed by atoms with E-state index in [1.165, 1.54) is 0 Å². The Morgan fingerprint density at radius 3 is 2.53 bits per heavy atom. The average Bonchev–Trinajstić information content (AvgIpc) is 3.13. The molecule has 0 aromatic heterocycles. The van der Waals surface area contributed by atoms with E-state index in [4.69, 9.17) is 0 Å². The van der Waals surface area contributed by atoms with Crippen molar-refractivity contribution >= 4 is 45.6 Å². The summed E-state index contributed by atoms with van der Waals surface area (Å²) < 4.78 is 0. The van der Waals surface area contributed by atoms with Gasteiger partial charge in [0.25, 0.3) is 5.91 Å². The Morgan fingerprint density at radius 2 is 1.66 bits per heavy atom. The minimum atomic E-state index is -0.138. The molecule has 32 heavy (non-hydrogen) atoms. The van der Waals surface area contributed by atoms with Crippen molar-refractivity contribution in [1.82, 2.24) is 0 Å². The van der Waals surface area contributed by atoms with Crippen LogP contribution in [0, 0.1) is 0 Å². The van der Waals surface area contributed by atoms with Crippen LogP contribution >= 0.6 is 0 Å². The first-order chi connectivity index (χ1) is 15.7. The number of nitrogens with one attached hydrogen (secondary N) is 2. The van der Waals surface area contributed by atoms with Crippen molar-refractivity contribution in [2.24, 2.45) is 0 Å². The highest BCUT2D eigenvalue weighted by atomic mass is 16.2. The molecule has 4 heteroatoms. The van der Waals surface area contributed by atoms with Gasteiger partial charge in [0, 0.05) is 28.9 Å². The number of carbonyl (C=O) groups is 2. The Balaban J connectivity index is 1.40. The number of amides is 2. The quantitative estimate of drug-likeness (QED) is 0.396. The van der Waals surface area contributed by atoms with Crippen molar-refractivity contribution in [3.63, 3.8) is 0 Å². The maximum absolute atomic E-state index is 12.7. The average molecular weight is 418 g/mol. The molecule has 1 aliphatic rings. The third-order valence-electron chi connectivity index (χ3n) is 5.69. The SMILES string of the molecule is O=C(CCc1ccccc1)Nc1ccc2c(c1)/C(=C\c1cccc3ccccc13)C(=O)N2. The maximum Gasteiger partial charge on any atom is 0.256 e. The van der Waals surface area contributed by atoms with Crippen molar-refractivity contribution in [3.05, 3.63) is 108 Å². The fourth-order valence-electron chi connectivity index (χ4n) is 4.07. The fraction of sp³-hybridized carbons (Fsp3) is 0.0714. The zero-order valence-electron chi connectivity index (χ0n) is 17.5. The summed E-state index contributed by atoms with van der Waals surface area (Å²) in [5.41, 5.74) is 4.94. The standard InChI is InChI=1S/C28H22N2O2/c31-27(16-13-19-7-2-1-3-8-19)29-22-14-15-26-24(18-22)25(28(32)30-26)17-21-11-6-10-20-9-4-5-12-23(20)21/h1-12,14-15,17-18H,13,16H2,(H,29,31)(H,30,32)/b25-17+. The minimum absolute atomic E-state index is 0.0503. The molecule has 0 spiro atoms. The van der Waals surface area contributed by atoms with E-state index in [0.29, 0.717) is 24.1 Å². The summed E-state index contributed by atoms with van der Waals surface area (Å²) in [5.74, 6) is -0.189. The second-order valence-corrected chi connectivity index (χ2v) is 7.87. The van der Waals surface area contributed by atoms with Crippen LogP contribution in [0.15, 0.2) is 91.0 Å². The summed E-state index contributed by atoms with van der Waals surface area (Å²) in [6.45, 7) is 0. The lowest BCUT2D eigenvalue weighted by Gasteiger charge is -2.08. The third-order valence-corrected chi connectivity index (χ3v) is 5.69. The van der Waals surface area contributed by atoms with Gasteiger partial charge in [-0.1, -0.05) is 72.8 Å². The lowest BCUT2D eigenvalue weighted by molar-refractivity contribution is -0.116. The van der Waals surface area contributed by atoms with Gasteiger partial charge in [-0.2, -0.15) is 0 Å². The van der Waals surface area contributed by atoms with Crippen LogP contribution in [0.3, 0.4) is 0 Å². The van der Waals surface area contributed by atoms with Gasteiger partial charge in [0.05, 0.1) is 0 Å². The molecule has 156 valence electrons. The van der Waals surface area contributed by atoms with Crippen molar-refractivity contribution in [2.45, 2.75) is 12.8 Å². The normalized spacial score (nSPS) is 13.8. The van der Waals surface area contributed by atoms with E-state index in [1.807, 2.05) is 78.9 Å². The zero-order valence-corrected chi connectivity index (χ0v) is 17.5. The lowest BCUT2D eigenvalue weighted by atomic mass is 9.99. The van der Waals surface area contributed by atoms with Gasteiger partial charge >= 0.3 is 0 Å². The molecule has 1 aliphatic heterocycles. The molecule has 0 fully saturated rings. The van der Waals surface area contributed by atoms with Gasteiger partial charge in [-0.15, -0.1) is 0 Å². The second-order valence-electron chi connectivity index (χ2n) is 7.87. The zero-order chi connectivity index (χ0) is 21.9. The van der Waals surface area contributed by atoms with Gasteiger partial charge in [0.1, 0.15) is 0 Å². The summed E-state index contributed by atoms with van der Waals surface area (Å²) >= 11 is 0. The van der Waals surface area contributed by atoms with E-state index in [-0.39, 0.29) is 11.8 Å². The smallest absolute Gasteiger partial charge is 0.256 e. The molecule has 2 N–H and O–H groups in total. The van der Waals surface area contributed by atoms with E-state index in [9.17, 15) is 9.59 Å². The highest BCUT2D eigenvalue weighted by molar-refractivity contribution is 6.35. The highest BCUT2D eigenvalue weighted by Crippen LogP contribution is 2.36. The number of anilines is 2. The molecule has 4 aromatic carbocycles. The van der Waals surface area contributed by atoms with E-state index in [0.717, 1.165) is 33.2 Å². The van der Waals surface area contributed by atoms with E-state index in [1.54, 1.807) is 0 Å². The third kappa shape index (κ3) is 4.03. The molecule has 0 unspecified atom stereocenters. The molecule has 0 saturated carbocycles. The van der Waals surface area contributed by atoms with Crippen LogP contribution in [0.1, 0.15) is 23.1 Å². The van der Waals surface area contributed by atoms with Crippen LogP contribution in [0.5, 0.6) is 0 Å². The van der Waals surface area contributed by atoms with E-state index in [2.05, 4.69) is 28.8 Å². The van der Waals surface area contributed by atoms with Crippen LogP contribution in [0.2, 0.25) is 0 Å². The molecule has 4 aromatic rings. The number of rotatable bonds is 5. The predicted octanol–water partition coefficient (Wildman–Crippen LogP) is 5.90. The van der Waals surface area contributed by atoms with Crippen LogP contribution < -0.4 is 10.6 Å². The number of carbonyl (C=O) groups excluding carboxylic acids is 2. The first-order valence-corrected chi connectivity index (χ1v) is 10.7. The highest BCUT2D eigenvalue weighted by Gasteiger charge is 2.24. The van der Waals surface area contributed by atoms with Crippen molar-refractivity contribution in [2.75, 3.05) is 10.6 Å². The molecule has 5 rings (SSSR count). The number of fused-ring (bicyclic) bond motifs is 2. The molecule has 0 radical (unpaired) electrons. The molecular weight excluding hydrogens is 396 g/mol. The number of benzene rings is 4. The Bertz CT molecular complexity index is 1350. The molecule has 0 saturated heterocycles. The number of aryl methyl sites for hydroxylation is 1. The summed E-state index contributed by atoms with van der Waals surface area (Å²) in [5, 5.41) is 8.11. The van der Waals surface area contributed by atoms with Gasteiger partial charge in [0.2, 0.25) is 5.91 Å². The van der Waals surface area contributed by atoms with Crippen molar-refractivity contribution < 1.29 is 9.59 Å². The van der Waals surface area contributed by atoms with Crippen LogP contribution in [0.25, 0.3) is 22.4 Å². The van der Waals surface area contributed by atoms with E-state index >= 15 is 0 Å². The van der Waals surface area contributed by atoms with Crippen molar-refractivity contribution in [1.29, 1.82) is 0 Å². The first-order valence-electron chi connectivity index (χ1n) is 10.7. The Kier molecular flexibility index (Phi) is 5.26. The summed E-state index contributed by atoms with van der Waals surface area (Å²) in [7, 11) is 0. The maximum atomic E-state index is 12.7. The Hall–Kier alpha value is -4.18. The Morgan fingerprint density at radius 1 is 0.875 bits per heavy atom. The van der Waals surface area contributed by atoms with Gasteiger partial charge in [-0.3, -0.25) is 9.59 Å². The molecular formula is C28H22N2O2. The molecule has 1 heterocycles. The second kappa shape index (κ2) is 8.52. The number of hydrogen-bond donors (Lipinski definition) is 2. The van der Waals surface area contributed by atoms with Crippen LogP contribution in [-0.4, -0.2) is 11.8 Å². The van der Waals surface area contributed by atoms with Gasteiger partial charge in [0.15, 0.2) is 0 Å². The van der Waals surface area contributed by atoms with Crippen molar-refractivity contribution in [3.8, 4) is 0 Å². The van der Waals surface area contributed by atoms with Crippen LogP contribution in [0.4, 0.5) is 11.4 Å². The van der Waals surface area contributed by atoms with Gasteiger partial charge in [-0.05, 0) is 52.6 Å². The molecule has 0 atom stereocenters.